The van der Waals surface area contributed by atoms with Crippen LogP contribution >= 0.6 is 92.8 Å². The number of piperazine rings is 4. The van der Waals surface area contributed by atoms with Gasteiger partial charge in [0.1, 0.15) is 23.9 Å². The molecule has 14 N–H and O–H groups in total. The fourth-order valence-electron chi connectivity index (χ4n) is 21.7. The van der Waals surface area contributed by atoms with Crippen LogP contribution in [0, 0.1) is 5.82 Å². The van der Waals surface area contributed by atoms with E-state index in [9.17, 15) is 28.7 Å². The summed E-state index contributed by atoms with van der Waals surface area (Å²) in [5, 5.41) is 33.8. The highest BCUT2D eigenvalue weighted by Gasteiger charge is 2.42. The Balaban J connectivity index is 0.000000148. The Morgan fingerprint density at radius 1 is 0.365 bits per heavy atom. The third kappa shape index (κ3) is 29.7. The number of nitrogens with two attached hydrogens (primary N) is 4. The molecule has 4 atom stereocenters. The molecule has 0 bridgehead atoms. The van der Waals surface area contributed by atoms with E-state index in [1.165, 1.54) is 24.5 Å². The molecule has 4 aromatic heterocycles. The van der Waals surface area contributed by atoms with Crippen LogP contribution in [0.3, 0.4) is 0 Å². The monoisotopic (exact) mass is 2190 g/mol. The first kappa shape index (κ1) is 113. The molecule has 18 rings (SSSR count). The molecule has 10 aliphatic rings. The average Bonchev–Trinajstić information content (AvgIpc) is 1.13. The summed E-state index contributed by atoms with van der Waals surface area (Å²) in [5.41, 5.74) is 28.8. The Kier molecular flexibility index (Phi) is 40.9. The van der Waals surface area contributed by atoms with E-state index in [2.05, 4.69) is 160 Å². The number of likely N-dealkylation sites (tertiary alicyclic amines) is 4. The number of carbonyl (C=O) groups excluding carboxylic acids is 4. The first-order chi connectivity index (χ1) is 71.4. The number of nitrogens with zero attached hydrogens (tertiary/aromatic N) is 20. The number of halogens is 9. The van der Waals surface area contributed by atoms with Crippen LogP contribution in [0.25, 0.3) is 0 Å². The van der Waals surface area contributed by atoms with Crippen molar-refractivity contribution in [3.05, 3.63) is 170 Å². The van der Waals surface area contributed by atoms with Gasteiger partial charge in [-0.1, -0.05) is 151 Å². The van der Waals surface area contributed by atoms with Crippen molar-refractivity contribution in [2.45, 2.75) is 231 Å². The van der Waals surface area contributed by atoms with Gasteiger partial charge in [0.15, 0.2) is 89.9 Å². The molecular formula is C104H143Cl8FN28O7. The largest absolute Gasteiger partial charge is 0.508 e. The lowest BCUT2D eigenvalue weighted by Gasteiger charge is -2.47. The lowest BCUT2D eigenvalue weighted by Crippen LogP contribution is -2.58. The number of carbonyl (C=O) groups is 4. The van der Waals surface area contributed by atoms with Gasteiger partial charge in [0.2, 0.25) is 0 Å². The SMILES string of the molecule is CCNC(=O)c1nc(Cl)c(N2CCN(C3CCN(Cc4ccc(Cl)cc4)CC3)[C@@H](CC)C2)nc1N.CCNC(=O)c1nc(Cl)c(N2CCN(C3CCN(Cc4ccc(Cl)cc4F)CC3)[C@@H](CC)C2)nc1N.CC[C@H]1CN(c2nc(N)c(C(=O)NC3CC3)nc2Cl)CCN1C1CCN(Cc2ccc(Cl)cc2O)CC1.CC[C@H]1CN(c2nc(N)c(C(=O)NC3CC3)nc2Cl)CCN1C1CCN(Cc2ccc(Cl)cc2OCCO)CC1. The molecule has 2 saturated carbocycles. The van der Waals surface area contributed by atoms with E-state index in [0.717, 1.165) is 262 Å². The molecule has 10 fully saturated rings. The second-order valence-electron chi connectivity index (χ2n) is 40.0. The molecule has 35 nitrogen and oxygen atoms in total. The molecule has 148 heavy (non-hydrogen) atoms. The number of ether oxygens (including phenoxy) is 1. The summed E-state index contributed by atoms with van der Waals surface area (Å²) in [6.07, 6.45) is 16.8. The molecular weight excluding hydrogens is 2060 g/mol. The highest BCUT2D eigenvalue weighted by molar-refractivity contribution is 6.34. The van der Waals surface area contributed by atoms with E-state index in [-0.39, 0.29) is 127 Å². The predicted molar refractivity (Wildman–Crippen MR) is 588 cm³/mol. The molecule has 0 radical (unpaired) electrons. The maximum atomic E-state index is 14.2. The summed E-state index contributed by atoms with van der Waals surface area (Å²) >= 11 is 50.0. The van der Waals surface area contributed by atoms with Crippen molar-refractivity contribution >= 4 is 163 Å². The Morgan fingerprint density at radius 2 is 0.662 bits per heavy atom. The van der Waals surface area contributed by atoms with Gasteiger partial charge < -0.3 is 78.8 Å². The van der Waals surface area contributed by atoms with Crippen LogP contribution in [-0.2, 0) is 26.2 Å². The summed E-state index contributed by atoms with van der Waals surface area (Å²) < 4.78 is 20.0. The van der Waals surface area contributed by atoms with Gasteiger partial charge in [-0.3, -0.25) is 58.4 Å². The smallest absolute Gasteiger partial charge is 0.274 e. The quantitative estimate of drug-likeness (QED) is 0.0193. The Hall–Kier alpha value is -9.03. The van der Waals surface area contributed by atoms with Crippen LogP contribution in [0.1, 0.15) is 208 Å². The number of aliphatic hydroxyl groups is 1. The number of phenolic OH excluding ortho intramolecular Hbond substituents is 1. The third-order valence-corrected chi connectivity index (χ3v) is 32.0. The number of nitrogens with one attached hydrogen (secondary N) is 4. The highest BCUT2D eigenvalue weighted by Crippen LogP contribution is 2.39. The van der Waals surface area contributed by atoms with Gasteiger partial charge in [0.05, 0.1) is 6.61 Å². The first-order valence-electron chi connectivity index (χ1n) is 52.5. The van der Waals surface area contributed by atoms with Crippen LogP contribution in [0.2, 0.25) is 40.7 Å². The highest BCUT2D eigenvalue weighted by atomic mass is 35.5. The number of aromatic nitrogens is 8. The molecule has 44 heteroatoms. The van der Waals surface area contributed by atoms with Crippen molar-refractivity contribution < 1.29 is 38.5 Å². The summed E-state index contributed by atoms with van der Waals surface area (Å²) in [7, 11) is 0. The molecule has 4 aromatic carbocycles. The normalized spacial score (nSPS) is 20.8. The predicted octanol–water partition coefficient (Wildman–Crippen LogP) is 14.2. The van der Waals surface area contributed by atoms with E-state index >= 15 is 0 Å². The van der Waals surface area contributed by atoms with Crippen molar-refractivity contribution in [2.24, 2.45) is 0 Å². The van der Waals surface area contributed by atoms with Crippen molar-refractivity contribution in [1.82, 2.24) is 100 Å². The van der Waals surface area contributed by atoms with Crippen LogP contribution in [0.15, 0.2) is 78.9 Å². The van der Waals surface area contributed by atoms with Crippen molar-refractivity contribution in [1.29, 1.82) is 0 Å². The Morgan fingerprint density at radius 3 is 0.980 bits per heavy atom. The summed E-state index contributed by atoms with van der Waals surface area (Å²) in [4.78, 5) is 113. The van der Waals surface area contributed by atoms with Gasteiger partial charge in [-0.05, 0) is 223 Å². The van der Waals surface area contributed by atoms with E-state index in [1.54, 1.807) is 18.2 Å². The van der Waals surface area contributed by atoms with E-state index < -0.39 is 0 Å². The molecule has 4 amide bonds. The number of aliphatic hydroxyl groups excluding tert-OH is 1. The molecule has 8 aliphatic heterocycles. The number of piperidine rings is 4. The number of hydrogen-bond acceptors (Lipinski definition) is 31. The second-order valence-corrected chi connectivity index (χ2v) is 43.2. The maximum Gasteiger partial charge on any atom is 0.274 e. The number of nitrogen functional groups attached to an aromatic ring is 4. The van der Waals surface area contributed by atoms with Gasteiger partial charge in [0.25, 0.3) is 23.6 Å². The standard InChI is InChI=1S/C28H39Cl2N7O3.C26H35Cl2N7O2.C25H34Cl2FN7O.C25H35Cl2N7O/c1-2-21-17-36(27-25(30)33-24(26(31)34-27)28(39)32-20-5-6-20)11-12-37(21)22-7-9-35(10-8-22)16-18-3-4-19(29)15-23(18)40-14-13-38;1-2-19-15-34(25-23(28)31-22(24(29)32-25)26(37)30-18-5-6-18)11-12-35(19)20-7-9-33(10-8-20)14-16-3-4-17(27)13-21(16)36;1-3-18-15-34(24-22(27)31-21(23(29)32-24)25(36)30-4-2)11-12-35(18)19-7-9-33(10-8-19)14-16-5-6-17(26)13-20(16)28;1-3-19-16-33(24-22(27)30-21(23(28)31-24)25(35)29-4-2)13-14-34(19)20-9-11-32(12-10-20)15-17-5-7-18(26)8-6-17/h3-4,15,20-22,38H,2,5-14,16-17H2,1H3,(H2,31,34)(H,32,39);3-4,13,18-20,36H,2,5-12,14-15H2,1H3,(H2,29,32)(H,30,37);5-6,13,18-19H,3-4,7-12,14-15H2,1-2H3,(H2,29,32)(H,30,36);5-8,19-20H,3-4,9-16H2,1-2H3,(H2,28,31)(H,29,35)/t21-;19-;18-;19-/m0000/s1. The van der Waals surface area contributed by atoms with Crippen molar-refractivity contribution in [2.75, 3.05) is 200 Å². The van der Waals surface area contributed by atoms with Gasteiger partial charge in [-0.2, -0.15) is 0 Å². The zero-order valence-electron chi connectivity index (χ0n) is 85.5. The van der Waals surface area contributed by atoms with Crippen LogP contribution in [-0.4, -0.2) is 331 Å². The third-order valence-electron chi connectivity index (χ3n) is 30.1. The lowest BCUT2D eigenvalue weighted by atomic mass is 9.97. The molecule has 8 saturated heterocycles. The topological polar surface area (TPSA) is 412 Å². The number of benzene rings is 4. The van der Waals surface area contributed by atoms with Gasteiger partial charge in [-0.25, -0.2) is 44.3 Å². The minimum Gasteiger partial charge on any atom is -0.508 e. The van der Waals surface area contributed by atoms with Crippen molar-refractivity contribution in [3.8, 4) is 11.5 Å². The number of phenols is 1. The maximum absolute atomic E-state index is 14.2. The van der Waals surface area contributed by atoms with E-state index in [1.807, 2.05) is 56.3 Å². The van der Waals surface area contributed by atoms with Gasteiger partial charge in [0, 0.05) is 215 Å². The zero-order valence-corrected chi connectivity index (χ0v) is 91.5. The summed E-state index contributed by atoms with van der Waals surface area (Å²) in [5.74, 6) is 2.03. The van der Waals surface area contributed by atoms with Crippen molar-refractivity contribution in [3.63, 3.8) is 0 Å². The van der Waals surface area contributed by atoms with Gasteiger partial charge in [-0.15, -0.1) is 0 Å². The number of hydrogen-bond donors (Lipinski definition) is 10. The van der Waals surface area contributed by atoms with Crippen LogP contribution in [0.4, 0.5) is 50.9 Å². The average molecular weight is 2200 g/mol. The lowest BCUT2D eigenvalue weighted by molar-refractivity contribution is 0.0607. The molecule has 2 aliphatic carbocycles. The number of aromatic hydroxyl groups is 1. The van der Waals surface area contributed by atoms with Gasteiger partial charge >= 0.3 is 0 Å². The van der Waals surface area contributed by atoms with E-state index in [4.69, 9.17) is 126 Å². The minimum atomic E-state index is -0.377. The molecule has 8 aromatic rings. The summed E-state index contributed by atoms with van der Waals surface area (Å²) in [6.45, 7) is 34.7. The Labute approximate surface area is 908 Å². The van der Waals surface area contributed by atoms with Crippen LogP contribution in [0.5, 0.6) is 11.5 Å². The Bertz CT molecular complexity index is 5810. The zero-order chi connectivity index (χ0) is 105. The second kappa shape index (κ2) is 53.5. The molecule has 0 spiro atoms. The van der Waals surface area contributed by atoms with Crippen LogP contribution < -0.4 is 68.5 Å². The number of amides is 4. The molecule has 804 valence electrons. The summed E-state index contributed by atoms with van der Waals surface area (Å²) in [6, 6.07) is 28.1. The first-order valence-corrected chi connectivity index (χ1v) is 55.5. The fourth-order valence-corrected chi connectivity index (χ4v) is 23.3. The van der Waals surface area contributed by atoms with E-state index in [0.29, 0.717) is 112 Å². The minimum absolute atomic E-state index is 0.0295. The molecule has 12 heterocycles. The number of anilines is 8. The number of rotatable bonds is 31. The molecule has 0 unspecified atom stereocenters. The fraction of sp³-hybridized carbons (Fsp3) is 0.577.